The molecule has 1 aliphatic rings. The van der Waals surface area contributed by atoms with Gasteiger partial charge in [0.2, 0.25) is 0 Å². The molecule has 2 aromatic rings. The van der Waals surface area contributed by atoms with Crippen molar-refractivity contribution in [2.24, 2.45) is 0 Å². The molecule has 0 radical (unpaired) electrons. The van der Waals surface area contributed by atoms with Crippen LogP contribution in [-0.4, -0.2) is 41.2 Å². The van der Waals surface area contributed by atoms with Gasteiger partial charge in [0.25, 0.3) is 17.7 Å². The molecule has 29 heavy (non-hydrogen) atoms. The number of hydrogen-bond acceptors (Lipinski definition) is 5. The summed E-state index contributed by atoms with van der Waals surface area (Å²) in [5.74, 6) is -2.68. The lowest BCUT2D eigenvalue weighted by Crippen LogP contribution is -2.37. The van der Waals surface area contributed by atoms with E-state index in [-0.39, 0.29) is 22.7 Å². The Morgan fingerprint density at radius 3 is 2.38 bits per heavy atom. The Balaban J connectivity index is 1.65. The van der Waals surface area contributed by atoms with Crippen LogP contribution in [0, 0.1) is 5.82 Å². The van der Waals surface area contributed by atoms with Gasteiger partial charge in [-0.1, -0.05) is 6.92 Å². The van der Waals surface area contributed by atoms with Crippen LogP contribution in [0.5, 0.6) is 0 Å². The van der Waals surface area contributed by atoms with E-state index in [2.05, 4.69) is 5.32 Å². The number of carbonyl (C=O) groups excluding carboxylic acids is 4. The summed E-state index contributed by atoms with van der Waals surface area (Å²) in [7, 11) is 0. The van der Waals surface area contributed by atoms with Crippen LogP contribution in [0.15, 0.2) is 42.5 Å². The number of benzene rings is 2. The van der Waals surface area contributed by atoms with Crippen molar-refractivity contribution in [3.8, 4) is 0 Å². The normalized spacial score (nSPS) is 13.8. The number of nitrogens with zero attached hydrogens (tertiary/aromatic N) is 1. The fourth-order valence-corrected chi connectivity index (χ4v) is 2.91. The zero-order valence-corrected chi connectivity index (χ0v) is 15.9. The molecule has 150 valence electrons. The number of imide groups is 1. The second-order valence-corrected chi connectivity index (χ2v) is 6.63. The first kappa shape index (κ1) is 20.2. The van der Waals surface area contributed by atoms with Crippen LogP contribution >= 0.6 is 0 Å². The van der Waals surface area contributed by atoms with Gasteiger partial charge in [0.1, 0.15) is 5.82 Å². The van der Waals surface area contributed by atoms with Gasteiger partial charge < -0.3 is 10.1 Å². The molecule has 7 nitrogen and oxygen atoms in total. The Morgan fingerprint density at radius 1 is 1.07 bits per heavy atom. The molecule has 8 heteroatoms. The van der Waals surface area contributed by atoms with Crippen molar-refractivity contribution in [1.29, 1.82) is 0 Å². The minimum atomic E-state index is -0.802. The van der Waals surface area contributed by atoms with Gasteiger partial charge >= 0.3 is 5.97 Å². The van der Waals surface area contributed by atoms with Crippen molar-refractivity contribution in [1.82, 2.24) is 4.90 Å². The van der Waals surface area contributed by atoms with E-state index in [0.717, 1.165) is 0 Å². The summed E-state index contributed by atoms with van der Waals surface area (Å²) in [6, 6.07) is 8.96. The molecule has 0 unspecified atom stereocenters. The molecule has 1 heterocycles. The topological polar surface area (TPSA) is 92.8 Å². The summed E-state index contributed by atoms with van der Waals surface area (Å²) in [4.78, 5) is 50.2. The van der Waals surface area contributed by atoms with Gasteiger partial charge in [0.15, 0.2) is 6.61 Å². The fourth-order valence-electron chi connectivity index (χ4n) is 2.91. The summed E-state index contributed by atoms with van der Waals surface area (Å²) in [5, 5.41) is 2.47. The van der Waals surface area contributed by atoms with Crippen LogP contribution in [0.1, 0.15) is 51.3 Å². The van der Waals surface area contributed by atoms with E-state index in [4.69, 9.17) is 4.74 Å². The highest BCUT2D eigenvalue weighted by atomic mass is 19.1. The average Bonchev–Trinajstić information content (AvgIpc) is 2.97. The maximum Gasteiger partial charge on any atom is 0.338 e. The molecule has 0 spiro atoms. The molecule has 0 aliphatic carbocycles. The quantitative estimate of drug-likeness (QED) is 0.596. The van der Waals surface area contributed by atoms with Crippen molar-refractivity contribution < 1.29 is 28.3 Å². The largest absolute Gasteiger partial charge is 0.452 e. The third kappa shape index (κ3) is 4.16. The van der Waals surface area contributed by atoms with Gasteiger partial charge in [0.05, 0.1) is 16.7 Å². The molecule has 1 atom stereocenters. The molecule has 0 saturated carbocycles. The third-order valence-corrected chi connectivity index (χ3v) is 4.65. The number of fused-ring (bicyclic) bond motifs is 1. The zero-order valence-electron chi connectivity index (χ0n) is 15.9. The van der Waals surface area contributed by atoms with E-state index < -0.39 is 36.1 Å². The number of carbonyl (C=O) groups is 4. The lowest BCUT2D eigenvalue weighted by atomic mass is 10.1. The van der Waals surface area contributed by atoms with Gasteiger partial charge in [0, 0.05) is 11.7 Å². The summed E-state index contributed by atoms with van der Waals surface area (Å²) in [5.41, 5.74) is 0.797. The van der Waals surface area contributed by atoms with Gasteiger partial charge in [-0.05, 0) is 55.8 Å². The Labute approximate surface area is 166 Å². The SMILES string of the molecule is CC[C@H](C)N1C(=O)c2ccc(C(=O)OCC(=O)Nc3ccc(F)cc3)cc2C1=O. The summed E-state index contributed by atoms with van der Waals surface area (Å²) in [6.45, 7) is 3.09. The number of rotatable bonds is 6. The van der Waals surface area contributed by atoms with E-state index in [1.807, 2.05) is 6.92 Å². The number of ether oxygens (including phenoxy) is 1. The number of halogens is 1. The summed E-state index contributed by atoms with van der Waals surface area (Å²) >= 11 is 0. The average molecular weight is 398 g/mol. The molecule has 3 rings (SSSR count). The molecular weight excluding hydrogens is 379 g/mol. The van der Waals surface area contributed by atoms with Crippen molar-refractivity contribution in [3.63, 3.8) is 0 Å². The minimum absolute atomic E-state index is 0.0606. The number of nitrogens with one attached hydrogen (secondary N) is 1. The van der Waals surface area contributed by atoms with Crippen molar-refractivity contribution in [3.05, 3.63) is 65.0 Å². The molecule has 2 aromatic carbocycles. The van der Waals surface area contributed by atoms with E-state index in [1.54, 1.807) is 6.92 Å². The van der Waals surface area contributed by atoms with Gasteiger partial charge in [-0.15, -0.1) is 0 Å². The van der Waals surface area contributed by atoms with Crippen molar-refractivity contribution >= 4 is 29.4 Å². The Hall–Kier alpha value is -3.55. The molecule has 3 amide bonds. The highest BCUT2D eigenvalue weighted by molar-refractivity contribution is 6.22. The first-order chi connectivity index (χ1) is 13.8. The molecular formula is C21H19FN2O5. The lowest BCUT2D eigenvalue weighted by Gasteiger charge is -2.20. The van der Waals surface area contributed by atoms with Gasteiger partial charge in [-0.2, -0.15) is 0 Å². The first-order valence-electron chi connectivity index (χ1n) is 9.06. The van der Waals surface area contributed by atoms with Gasteiger partial charge in [-0.25, -0.2) is 9.18 Å². The highest BCUT2D eigenvalue weighted by Gasteiger charge is 2.38. The number of hydrogen-bond donors (Lipinski definition) is 1. The van der Waals surface area contributed by atoms with Crippen LogP contribution in [0.2, 0.25) is 0 Å². The number of anilines is 1. The Morgan fingerprint density at radius 2 is 1.72 bits per heavy atom. The van der Waals surface area contributed by atoms with Gasteiger partial charge in [-0.3, -0.25) is 19.3 Å². The molecule has 0 saturated heterocycles. The first-order valence-corrected chi connectivity index (χ1v) is 9.06. The number of esters is 1. The van der Waals surface area contributed by atoms with E-state index in [1.165, 1.54) is 47.4 Å². The predicted octanol–water partition coefficient (Wildman–Crippen LogP) is 3.02. The van der Waals surface area contributed by atoms with Crippen LogP contribution in [-0.2, 0) is 9.53 Å². The summed E-state index contributed by atoms with van der Waals surface area (Å²) < 4.78 is 17.8. The lowest BCUT2D eigenvalue weighted by molar-refractivity contribution is -0.119. The maximum absolute atomic E-state index is 12.9. The highest BCUT2D eigenvalue weighted by Crippen LogP contribution is 2.26. The van der Waals surface area contributed by atoms with Crippen LogP contribution in [0.4, 0.5) is 10.1 Å². The van der Waals surface area contributed by atoms with Crippen molar-refractivity contribution in [2.45, 2.75) is 26.3 Å². The second kappa shape index (κ2) is 8.22. The monoisotopic (exact) mass is 398 g/mol. The second-order valence-electron chi connectivity index (χ2n) is 6.63. The summed E-state index contributed by atoms with van der Waals surface area (Å²) in [6.07, 6.45) is 0.615. The molecule has 0 fully saturated rings. The molecule has 0 bridgehead atoms. The standard InChI is InChI=1S/C21H19FN2O5/c1-3-12(2)24-19(26)16-9-4-13(10-17(16)20(24)27)21(28)29-11-18(25)23-15-7-5-14(22)6-8-15/h4-10,12H,3,11H2,1-2H3,(H,23,25)/t12-/m0/s1. The van der Waals surface area contributed by atoms with Crippen LogP contribution in [0.3, 0.4) is 0 Å². The van der Waals surface area contributed by atoms with Crippen LogP contribution < -0.4 is 5.32 Å². The fraction of sp³-hybridized carbons (Fsp3) is 0.238. The molecule has 1 aliphatic heterocycles. The molecule has 1 N–H and O–H groups in total. The van der Waals surface area contributed by atoms with E-state index in [9.17, 15) is 23.6 Å². The van der Waals surface area contributed by atoms with Crippen LogP contribution in [0.25, 0.3) is 0 Å². The van der Waals surface area contributed by atoms with Crippen molar-refractivity contribution in [2.75, 3.05) is 11.9 Å². The Kier molecular flexibility index (Phi) is 5.72. The predicted molar refractivity (Wildman–Crippen MR) is 102 cm³/mol. The maximum atomic E-state index is 12.9. The minimum Gasteiger partial charge on any atom is -0.452 e. The molecule has 0 aromatic heterocycles. The third-order valence-electron chi connectivity index (χ3n) is 4.65. The smallest absolute Gasteiger partial charge is 0.338 e. The zero-order chi connectivity index (χ0) is 21.1. The van der Waals surface area contributed by atoms with E-state index >= 15 is 0 Å². The Bertz CT molecular complexity index is 987. The number of amides is 3. The van der Waals surface area contributed by atoms with E-state index in [0.29, 0.717) is 12.1 Å².